The van der Waals surface area contributed by atoms with Gasteiger partial charge in [-0.25, -0.2) is 38.8 Å². The Labute approximate surface area is 256 Å². The molecule has 10 nitrogen and oxygen atoms in total. The van der Waals surface area contributed by atoms with Gasteiger partial charge in [0.1, 0.15) is 29.5 Å². The highest BCUT2D eigenvalue weighted by Crippen LogP contribution is 2.58. The van der Waals surface area contributed by atoms with Crippen molar-refractivity contribution in [2.75, 3.05) is 0 Å². The van der Waals surface area contributed by atoms with Crippen molar-refractivity contribution in [2.45, 2.75) is 0 Å². The van der Waals surface area contributed by atoms with E-state index in [2.05, 4.69) is 29.3 Å². The summed E-state index contributed by atoms with van der Waals surface area (Å²) in [6.07, 6.45) is 0. The van der Waals surface area contributed by atoms with Gasteiger partial charge in [-0.2, -0.15) is 19.3 Å². The summed E-state index contributed by atoms with van der Waals surface area (Å²) in [5, 5.41) is 38.9. The third kappa shape index (κ3) is 3.96. The normalized spacial score (nSPS) is 14.7. The van der Waals surface area contributed by atoms with Crippen molar-refractivity contribution in [3.05, 3.63) is 144 Å². The molecule has 0 aliphatic heterocycles. The van der Waals surface area contributed by atoms with Crippen LogP contribution in [-0.4, -0.2) is 9.97 Å². The Bertz CT molecular complexity index is 2300. The third-order valence-electron chi connectivity index (χ3n) is 6.93. The number of rotatable bonds is 2. The number of hydrogen-bond acceptors (Lipinski definition) is 6. The lowest BCUT2D eigenvalue weighted by Gasteiger charge is -2.15. The summed E-state index contributed by atoms with van der Waals surface area (Å²) < 4.78 is 64.4. The smallest absolute Gasteiger partial charge is 0.308 e. The number of benzene rings is 1. The van der Waals surface area contributed by atoms with Gasteiger partial charge in [0.25, 0.3) is 17.2 Å². The molecule has 0 radical (unpaired) electrons. The SMILES string of the molecule is [C-]#[N+]C1=C(c2ccc([N+]#[C-])nc2F)/C(=C(/C#N)[N+]#[C-])c2c(F)c3c(c(F)c21)C(C#N)=C(c1ccc(C#N)nc1F)/C3=C(\C#N)[N+]#[C-]. The van der Waals surface area contributed by atoms with Crippen molar-refractivity contribution < 1.29 is 17.6 Å². The summed E-state index contributed by atoms with van der Waals surface area (Å²) in [5.41, 5.74) is -11.2. The van der Waals surface area contributed by atoms with E-state index in [9.17, 15) is 15.8 Å². The molecule has 3 aromatic rings. The Morgan fingerprint density at radius 1 is 0.630 bits per heavy atom. The lowest BCUT2D eigenvalue weighted by molar-refractivity contribution is 0.579. The molecule has 1 aromatic carbocycles. The lowest BCUT2D eigenvalue weighted by atomic mass is 9.90. The van der Waals surface area contributed by atoms with Gasteiger partial charge in [0.05, 0.1) is 37.4 Å². The molecule has 0 bridgehead atoms. The van der Waals surface area contributed by atoms with Crippen LogP contribution in [0.1, 0.15) is 39.1 Å². The standard InChI is InChI=1S/C32H4F4N10/c1-41-17(11-39)23-20(14-6-5-13(9-37)45-31(14)35)16(10-38)21-25(23)29(34)26-24(18(12-40)42-2)22(30(44-4)27(26)28(21)33)15-7-8-19(43-3)46-32(15)36/h5-8H/b23-17-,24-18+. The van der Waals surface area contributed by atoms with Crippen LogP contribution in [0.2, 0.25) is 0 Å². The Balaban J connectivity index is 2.04. The van der Waals surface area contributed by atoms with Gasteiger partial charge < -0.3 is 4.85 Å². The zero-order chi connectivity index (χ0) is 33.4. The number of fused-ring (bicyclic) bond motifs is 2. The van der Waals surface area contributed by atoms with E-state index in [0.717, 1.165) is 24.3 Å². The van der Waals surface area contributed by atoms with Crippen LogP contribution >= 0.6 is 0 Å². The highest BCUT2D eigenvalue weighted by Gasteiger charge is 2.44. The fourth-order valence-electron chi connectivity index (χ4n) is 5.22. The topological polar surface area (TPSA) is 138 Å². The van der Waals surface area contributed by atoms with Crippen molar-refractivity contribution in [1.29, 1.82) is 21.0 Å². The predicted octanol–water partition coefficient (Wildman–Crippen LogP) is 7.01. The van der Waals surface area contributed by atoms with Gasteiger partial charge in [-0.15, -0.1) is 0 Å². The number of allylic oxidation sites excluding steroid dienone is 7. The van der Waals surface area contributed by atoms with Gasteiger partial charge in [-0.1, -0.05) is 17.6 Å². The maximum absolute atomic E-state index is 17.0. The first-order chi connectivity index (χ1) is 22.2. The van der Waals surface area contributed by atoms with Crippen molar-refractivity contribution >= 4 is 39.4 Å². The summed E-state index contributed by atoms with van der Waals surface area (Å²) in [4.78, 5) is 19.3. The number of halogens is 4. The van der Waals surface area contributed by atoms with Crippen LogP contribution in [0.25, 0.3) is 52.9 Å². The van der Waals surface area contributed by atoms with Crippen LogP contribution in [0.4, 0.5) is 23.4 Å². The monoisotopic (exact) mass is 604 g/mol. The average molecular weight is 604 g/mol. The first kappa shape index (κ1) is 29.6. The predicted molar refractivity (Wildman–Crippen MR) is 150 cm³/mol. The molecule has 0 spiro atoms. The largest absolute Gasteiger partial charge is 0.361 e. The molecule has 0 amide bonds. The first-order valence-corrected chi connectivity index (χ1v) is 12.2. The minimum atomic E-state index is -1.52. The van der Waals surface area contributed by atoms with Gasteiger partial charge in [0, 0.05) is 44.5 Å². The van der Waals surface area contributed by atoms with Crippen molar-refractivity contribution in [3.8, 4) is 24.3 Å². The summed E-state index contributed by atoms with van der Waals surface area (Å²) in [5.74, 6) is -6.16. The maximum atomic E-state index is 17.0. The fraction of sp³-hybridized carbons (Fsp3) is 0. The van der Waals surface area contributed by atoms with Crippen LogP contribution in [0.3, 0.4) is 0 Å². The maximum Gasteiger partial charge on any atom is 0.308 e. The van der Waals surface area contributed by atoms with E-state index < -0.39 is 113 Å². The van der Waals surface area contributed by atoms with E-state index in [-0.39, 0.29) is 0 Å². The van der Waals surface area contributed by atoms with E-state index in [1.54, 1.807) is 12.1 Å². The van der Waals surface area contributed by atoms with Crippen LogP contribution in [0.15, 0.2) is 35.7 Å². The van der Waals surface area contributed by atoms with E-state index in [4.69, 9.17) is 31.6 Å². The van der Waals surface area contributed by atoms with E-state index >= 15 is 17.6 Å². The molecule has 0 unspecified atom stereocenters. The molecule has 46 heavy (non-hydrogen) atoms. The van der Waals surface area contributed by atoms with Crippen molar-refractivity contribution in [2.24, 2.45) is 0 Å². The molecule has 2 heterocycles. The van der Waals surface area contributed by atoms with E-state index in [1.165, 1.54) is 12.1 Å². The second kappa shape index (κ2) is 11.1. The van der Waals surface area contributed by atoms with Gasteiger partial charge in [0.2, 0.25) is 11.6 Å². The summed E-state index contributed by atoms with van der Waals surface area (Å²) in [6, 6.07) is 10.3. The van der Waals surface area contributed by atoms with Gasteiger partial charge in [0.15, 0.2) is 0 Å². The highest BCUT2D eigenvalue weighted by molar-refractivity contribution is 6.29. The number of nitrogens with zero attached hydrogens (tertiary/aromatic N) is 10. The van der Waals surface area contributed by atoms with E-state index in [0.29, 0.717) is 0 Å². The molecule has 0 saturated carbocycles. The molecule has 0 fully saturated rings. The molecule has 210 valence electrons. The Morgan fingerprint density at radius 2 is 1.17 bits per heavy atom. The second-order valence-corrected chi connectivity index (χ2v) is 8.99. The molecule has 2 aromatic heterocycles. The van der Waals surface area contributed by atoms with Crippen molar-refractivity contribution in [3.63, 3.8) is 0 Å². The van der Waals surface area contributed by atoms with Gasteiger partial charge in [-0.05, 0) is 29.3 Å². The number of aromatic nitrogens is 2. The van der Waals surface area contributed by atoms with Crippen LogP contribution in [-0.2, 0) is 0 Å². The number of nitriles is 4. The molecule has 0 atom stereocenters. The third-order valence-corrected chi connectivity index (χ3v) is 6.93. The summed E-state index contributed by atoms with van der Waals surface area (Å²) in [7, 11) is 0. The summed E-state index contributed by atoms with van der Waals surface area (Å²) in [6.45, 7) is 29.9. The molecular weight excluding hydrogens is 600 g/mol. The van der Waals surface area contributed by atoms with Crippen molar-refractivity contribution in [1.82, 2.24) is 9.97 Å². The van der Waals surface area contributed by atoms with Gasteiger partial charge >= 0.3 is 5.95 Å². The molecule has 5 rings (SSSR count). The molecule has 0 saturated heterocycles. The zero-order valence-corrected chi connectivity index (χ0v) is 22.3. The molecule has 2 aliphatic rings. The minimum absolute atomic E-state index is 0.396. The Kier molecular flexibility index (Phi) is 7.13. The van der Waals surface area contributed by atoms with Crippen LogP contribution < -0.4 is 0 Å². The fourth-order valence-corrected chi connectivity index (χ4v) is 5.22. The quantitative estimate of drug-likeness (QED) is 0.133. The molecule has 2 aliphatic carbocycles. The lowest BCUT2D eigenvalue weighted by Crippen LogP contribution is -2.05. The Hall–Kier alpha value is -7.88. The number of hydrogen-bond donors (Lipinski definition) is 0. The number of pyridine rings is 2. The van der Waals surface area contributed by atoms with Crippen LogP contribution in [0, 0.1) is 95.1 Å². The zero-order valence-electron chi connectivity index (χ0n) is 22.3. The Morgan fingerprint density at radius 3 is 1.67 bits per heavy atom. The second-order valence-electron chi connectivity index (χ2n) is 8.99. The minimum Gasteiger partial charge on any atom is -0.361 e. The summed E-state index contributed by atoms with van der Waals surface area (Å²) >= 11 is 0. The average Bonchev–Trinajstić information content (AvgIpc) is 3.59. The highest BCUT2D eigenvalue weighted by atomic mass is 19.1. The van der Waals surface area contributed by atoms with Crippen LogP contribution in [0.5, 0.6) is 0 Å². The van der Waals surface area contributed by atoms with Gasteiger partial charge in [-0.3, -0.25) is 0 Å². The molecular formula is C32H4F4N10. The molecule has 14 heteroatoms. The van der Waals surface area contributed by atoms with E-state index in [1.807, 2.05) is 0 Å². The first-order valence-electron chi connectivity index (χ1n) is 12.2. The molecule has 0 N–H and O–H groups in total.